The van der Waals surface area contributed by atoms with Crippen molar-refractivity contribution < 1.29 is 9.90 Å². The Kier molecular flexibility index (Phi) is 7.19. The van der Waals surface area contributed by atoms with Crippen LogP contribution in [0.5, 0.6) is 0 Å². The number of benzene rings is 1. The number of nitrogens with one attached hydrogen (secondary N) is 1. The molecular weight excluding hydrogens is 238 g/mol. The first-order chi connectivity index (χ1) is 9.08. The summed E-state index contributed by atoms with van der Waals surface area (Å²) in [6.45, 7) is 4.46. The molecule has 0 aromatic heterocycles. The van der Waals surface area contributed by atoms with E-state index >= 15 is 0 Å². The summed E-state index contributed by atoms with van der Waals surface area (Å²) >= 11 is 0. The van der Waals surface area contributed by atoms with Crippen molar-refractivity contribution in [2.75, 3.05) is 6.54 Å². The van der Waals surface area contributed by atoms with Crippen molar-refractivity contribution in [3.05, 3.63) is 35.9 Å². The first-order valence-corrected chi connectivity index (χ1v) is 7.06. The zero-order chi connectivity index (χ0) is 14.1. The van der Waals surface area contributed by atoms with E-state index in [1.54, 1.807) is 6.92 Å². The maximum atomic E-state index is 11.6. The van der Waals surface area contributed by atoms with E-state index in [4.69, 9.17) is 0 Å². The van der Waals surface area contributed by atoms with E-state index in [0.29, 0.717) is 18.9 Å². The van der Waals surface area contributed by atoms with E-state index < -0.39 is 0 Å². The minimum Gasteiger partial charge on any atom is -0.393 e. The van der Waals surface area contributed by atoms with Crippen molar-refractivity contribution in [1.82, 2.24) is 5.32 Å². The predicted octanol–water partition coefficient (Wildman–Crippen LogP) is 2.53. The molecule has 3 nitrogen and oxygen atoms in total. The van der Waals surface area contributed by atoms with Crippen molar-refractivity contribution in [3.63, 3.8) is 0 Å². The molecule has 1 amide bonds. The Hall–Kier alpha value is -1.35. The lowest BCUT2D eigenvalue weighted by molar-refractivity contribution is -0.121. The predicted molar refractivity (Wildman–Crippen MR) is 77.9 cm³/mol. The van der Waals surface area contributed by atoms with Crippen LogP contribution in [0.4, 0.5) is 0 Å². The summed E-state index contributed by atoms with van der Waals surface area (Å²) in [4.78, 5) is 11.6. The number of carbonyl (C=O) groups is 1. The Labute approximate surface area is 116 Å². The third kappa shape index (κ3) is 7.62. The summed E-state index contributed by atoms with van der Waals surface area (Å²) in [5.74, 6) is 0.423. The molecule has 3 heteroatoms. The van der Waals surface area contributed by atoms with Crippen molar-refractivity contribution in [2.24, 2.45) is 5.92 Å². The van der Waals surface area contributed by atoms with Gasteiger partial charge in [-0.2, -0.15) is 0 Å². The van der Waals surface area contributed by atoms with Crippen molar-refractivity contribution in [2.45, 2.75) is 45.6 Å². The van der Waals surface area contributed by atoms with Crippen LogP contribution in [0.15, 0.2) is 30.3 Å². The molecule has 0 fully saturated rings. The van der Waals surface area contributed by atoms with Crippen molar-refractivity contribution in [1.29, 1.82) is 0 Å². The molecule has 106 valence electrons. The summed E-state index contributed by atoms with van der Waals surface area (Å²) in [5.41, 5.74) is 1.28. The number of aryl methyl sites for hydroxylation is 1. The number of carbonyl (C=O) groups excluding carboxylic acids is 1. The molecular formula is C16H25NO2. The molecule has 0 bridgehead atoms. The fourth-order valence-electron chi connectivity index (χ4n) is 2.14. The summed E-state index contributed by atoms with van der Waals surface area (Å²) in [6.07, 6.45) is 2.81. The topological polar surface area (TPSA) is 49.3 Å². The molecule has 0 aliphatic rings. The Morgan fingerprint density at radius 3 is 2.58 bits per heavy atom. The van der Waals surface area contributed by atoms with Crippen LogP contribution in [0.1, 0.15) is 38.7 Å². The van der Waals surface area contributed by atoms with E-state index in [1.807, 2.05) is 25.1 Å². The quantitative estimate of drug-likeness (QED) is 0.757. The minimum absolute atomic E-state index is 0.105. The number of hydrogen-bond donors (Lipinski definition) is 2. The van der Waals surface area contributed by atoms with Gasteiger partial charge >= 0.3 is 0 Å². The molecule has 2 N–H and O–H groups in total. The van der Waals surface area contributed by atoms with E-state index in [0.717, 1.165) is 19.3 Å². The molecule has 19 heavy (non-hydrogen) atoms. The molecule has 1 aromatic carbocycles. The fourth-order valence-corrected chi connectivity index (χ4v) is 2.14. The van der Waals surface area contributed by atoms with E-state index in [9.17, 15) is 9.90 Å². The number of aliphatic hydroxyl groups excluding tert-OH is 1. The maximum Gasteiger partial charge on any atom is 0.220 e. The van der Waals surface area contributed by atoms with Gasteiger partial charge in [-0.1, -0.05) is 37.3 Å². The normalized spacial score (nSPS) is 13.8. The second-order valence-corrected chi connectivity index (χ2v) is 5.33. The lowest BCUT2D eigenvalue weighted by Crippen LogP contribution is -2.29. The highest BCUT2D eigenvalue weighted by Gasteiger charge is 2.08. The highest BCUT2D eigenvalue weighted by molar-refractivity contribution is 5.75. The molecule has 0 radical (unpaired) electrons. The highest BCUT2D eigenvalue weighted by atomic mass is 16.3. The van der Waals surface area contributed by atoms with Gasteiger partial charge in [0.25, 0.3) is 0 Å². The lowest BCUT2D eigenvalue weighted by Gasteiger charge is -2.14. The SMILES string of the molecule is CC(O)CC(C)CNC(=O)CCCc1ccccc1. The first-order valence-electron chi connectivity index (χ1n) is 7.06. The Morgan fingerprint density at radius 1 is 1.26 bits per heavy atom. The van der Waals surface area contributed by atoms with Crippen LogP contribution in [-0.4, -0.2) is 23.7 Å². The second-order valence-electron chi connectivity index (χ2n) is 5.33. The number of aliphatic hydroxyl groups is 1. The average molecular weight is 263 g/mol. The molecule has 1 rings (SSSR count). The van der Waals surface area contributed by atoms with Gasteiger partial charge in [0.05, 0.1) is 6.10 Å². The van der Waals surface area contributed by atoms with Crippen LogP contribution in [0, 0.1) is 5.92 Å². The van der Waals surface area contributed by atoms with E-state index in [-0.39, 0.29) is 12.0 Å². The highest BCUT2D eigenvalue weighted by Crippen LogP contribution is 2.06. The third-order valence-corrected chi connectivity index (χ3v) is 3.10. The molecule has 0 saturated heterocycles. The van der Waals surface area contributed by atoms with Crippen LogP contribution in [-0.2, 0) is 11.2 Å². The van der Waals surface area contributed by atoms with Crippen LogP contribution in [0.3, 0.4) is 0 Å². The standard InChI is InChI=1S/C16H25NO2/c1-13(11-14(2)18)12-17-16(19)10-6-9-15-7-4-3-5-8-15/h3-5,7-8,13-14,18H,6,9-12H2,1-2H3,(H,17,19). The van der Waals surface area contributed by atoms with Gasteiger partial charge in [0.15, 0.2) is 0 Å². The van der Waals surface area contributed by atoms with Gasteiger partial charge < -0.3 is 10.4 Å². The van der Waals surface area contributed by atoms with Crippen molar-refractivity contribution >= 4 is 5.91 Å². The average Bonchev–Trinajstić information content (AvgIpc) is 2.37. The summed E-state index contributed by atoms with van der Waals surface area (Å²) in [7, 11) is 0. The van der Waals surface area contributed by atoms with Gasteiger partial charge in [0.1, 0.15) is 0 Å². The van der Waals surface area contributed by atoms with Crippen molar-refractivity contribution in [3.8, 4) is 0 Å². The largest absolute Gasteiger partial charge is 0.393 e. The number of amides is 1. The van der Waals surface area contributed by atoms with Gasteiger partial charge in [0, 0.05) is 13.0 Å². The molecule has 2 unspecified atom stereocenters. The minimum atomic E-state index is -0.301. The Morgan fingerprint density at radius 2 is 1.95 bits per heavy atom. The molecule has 0 saturated carbocycles. The van der Waals surface area contributed by atoms with Gasteiger partial charge in [-0.05, 0) is 37.7 Å². The van der Waals surface area contributed by atoms with Gasteiger partial charge in [-0.15, -0.1) is 0 Å². The third-order valence-electron chi connectivity index (χ3n) is 3.10. The molecule has 0 aliphatic heterocycles. The summed E-state index contributed by atoms with van der Waals surface area (Å²) < 4.78 is 0. The zero-order valence-corrected chi connectivity index (χ0v) is 11.9. The number of rotatable bonds is 8. The Bertz CT molecular complexity index is 362. The first kappa shape index (κ1) is 15.7. The van der Waals surface area contributed by atoms with E-state index in [1.165, 1.54) is 5.56 Å². The number of hydrogen-bond acceptors (Lipinski definition) is 2. The van der Waals surface area contributed by atoms with Gasteiger partial charge in [-0.3, -0.25) is 4.79 Å². The zero-order valence-electron chi connectivity index (χ0n) is 11.9. The smallest absolute Gasteiger partial charge is 0.220 e. The van der Waals surface area contributed by atoms with E-state index in [2.05, 4.69) is 17.4 Å². The molecule has 0 spiro atoms. The van der Waals surface area contributed by atoms with Gasteiger partial charge in [0.2, 0.25) is 5.91 Å². The lowest BCUT2D eigenvalue weighted by atomic mass is 10.0. The maximum absolute atomic E-state index is 11.6. The van der Waals surface area contributed by atoms with Crippen LogP contribution < -0.4 is 5.32 Å². The van der Waals surface area contributed by atoms with Crippen LogP contribution in [0.25, 0.3) is 0 Å². The monoisotopic (exact) mass is 263 g/mol. The molecule has 1 aromatic rings. The second kappa shape index (κ2) is 8.70. The van der Waals surface area contributed by atoms with Crippen LogP contribution in [0.2, 0.25) is 0 Å². The molecule has 0 heterocycles. The molecule has 0 aliphatic carbocycles. The van der Waals surface area contributed by atoms with Gasteiger partial charge in [-0.25, -0.2) is 0 Å². The summed E-state index contributed by atoms with van der Waals surface area (Å²) in [5, 5.41) is 12.2. The fraction of sp³-hybridized carbons (Fsp3) is 0.562. The van der Waals surface area contributed by atoms with Crippen LogP contribution >= 0.6 is 0 Å². The Balaban J connectivity index is 2.11. The summed E-state index contributed by atoms with van der Waals surface area (Å²) in [6, 6.07) is 10.2. The molecule has 2 atom stereocenters.